The van der Waals surface area contributed by atoms with Gasteiger partial charge in [0.2, 0.25) is 0 Å². The van der Waals surface area contributed by atoms with Gasteiger partial charge in [-0.1, -0.05) is 12.7 Å². The van der Waals surface area contributed by atoms with Crippen molar-refractivity contribution in [1.29, 1.82) is 0 Å². The van der Waals surface area contributed by atoms with Crippen molar-refractivity contribution in [3.8, 4) is 0 Å². The Hall–Kier alpha value is -1.96. The topological polar surface area (TPSA) is 75.6 Å². The minimum absolute atomic E-state index is 0.158. The first-order chi connectivity index (χ1) is 8.88. The summed E-state index contributed by atoms with van der Waals surface area (Å²) >= 11 is 2.67. The van der Waals surface area contributed by atoms with E-state index >= 15 is 0 Å². The molecular formula is C11H8BrF2NO4. The molecule has 2 N–H and O–H groups in total. The maximum atomic E-state index is 13.6. The lowest BCUT2D eigenvalue weighted by Crippen LogP contribution is -2.18. The number of carboxylic acids is 1. The first-order valence-corrected chi connectivity index (χ1v) is 5.63. The van der Waals surface area contributed by atoms with Crippen LogP contribution in [0.25, 0.3) is 0 Å². The quantitative estimate of drug-likeness (QED) is 0.654. The highest BCUT2D eigenvalue weighted by molar-refractivity contribution is 9.10. The van der Waals surface area contributed by atoms with Gasteiger partial charge in [0.15, 0.2) is 5.82 Å². The van der Waals surface area contributed by atoms with E-state index < -0.39 is 34.9 Å². The maximum Gasteiger partial charge on any atom is 0.412 e. The molecule has 1 aromatic carbocycles. The molecule has 19 heavy (non-hydrogen) atoms. The number of hydrogen-bond donors (Lipinski definition) is 2. The van der Waals surface area contributed by atoms with Crippen molar-refractivity contribution in [2.75, 3.05) is 11.9 Å². The fourth-order valence-electron chi connectivity index (χ4n) is 1.19. The Kier molecular flexibility index (Phi) is 4.99. The van der Waals surface area contributed by atoms with Crippen molar-refractivity contribution in [3.05, 3.63) is 40.4 Å². The number of carboxylic acid groups (broad SMARTS) is 1. The smallest absolute Gasteiger partial charge is 0.412 e. The van der Waals surface area contributed by atoms with Crippen LogP contribution in [0.1, 0.15) is 10.4 Å². The number of aromatic carboxylic acids is 1. The predicted octanol–water partition coefficient (Wildman–Crippen LogP) is 3.16. The van der Waals surface area contributed by atoms with Crippen molar-refractivity contribution in [3.63, 3.8) is 0 Å². The summed E-state index contributed by atoms with van der Waals surface area (Å²) in [5.41, 5.74) is -1.80. The van der Waals surface area contributed by atoms with Crippen molar-refractivity contribution >= 4 is 33.7 Å². The normalized spacial score (nSPS) is 9.84. The molecule has 0 saturated carbocycles. The van der Waals surface area contributed by atoms with E-state index in [1.54, 1.807) is 0 Å². The van der Waals surface area contributed by atoms with Crippen LogP contribution < -0.4 is 5.32 Å². The monoisotopic (exact) mass is 335 g/mol. The van der Waals surface area contributed by atoms with Crippen molar-refractivity contribution in [2.45, 2.75) is 0 Å². The van der Waals surface area contributed by atoms with Crippen LogP contribution in [0.5, 0.6) is 0 Å². The molecule has 0 saturated heterocycles. The molecule has 0 aliphatic carbocycles. The van der Waals surface area contributed by atoms with Gasteiger partial charge in [0.25, 0.3) is 0 Å². The molecule has 1 aromatic rings. The van der Waals surface area contributed by atoms with Gasteiger partial charge in [0, 0.05) is 0 Å². The predicted molar refractivity (Wildman–Crippen MR) is 66.2 cm³/mol. The fraction of sp³-hybridized carbons (Fsp3) is 0.0909. The Morgan fingerprint density at radius 1 is 1.53 bits per heavy atom. The third-order valence-electron chi connectivity index (χ3n) is 1.94. The second-order valence-corrected chi connectivity index (χ2v) is 4.08. The van der Waals surface area contributed by atoms with Crippen LogP contribution in [0, 0.1) is 11.6 Å². The number of benzene rings is 1. The number of halogens is 3. The zero-order valence-corrected chi connectivity index (χ0v) is 11.0. The number of anilines is 1. The Morgan fingerprint density at radius 3 is 2.68 bits per heavy atom. The molecule has 0 unspecified atom stereocenters. The molecule has 0 heterocycles. The first-order valence-electron chi connectivity index (χ1n) is 4.84. The van der Waals surface area contributed by atoms with Gasteiger partial charge in [-0.05, 0) is 22.0 Å². The van der Waals surface area contributed by atoms with Gasteiger partial charge < -0.3 is 9.84 Å². The molecule has 0 atom stereocenters. The fourth-order valence-corrected chi connectivity index (χ4v) is 1.59. The summed E-state index contributed by atoms with van der Waals surface area (Å²) in [6, 6.07) is 0.699. The van der Waals surface area contributed by atoms with Gasteiger partial charge in [-0.15, -0.1) is 0 Å². The number of hydrogen-bond acceptors (Lipinski definition) is 3. The highest BCUT2D eigenvalue weighted by Gasteiger charge is 2.24. The minimum atomic E-state index is -1.73. The standard InChI is InChI=1S/C11H8BrF2NO4/c1-2-3-19-11(18)15-9-6(13)4-5(12)8(14)7(9)10(16)17/h2,4H,1,3H2,(H,15,18)(H,16,17). The number of ether oxygens (including phenoxy) is 1. The minimum Gasteiger partial charge on any atom is -0.478 e. The molecule has 1 rings (SSSR count). The van der Waals surface area contributed by atoms with Crippen molar-refractivity contribution in [1.82, 2.24) is 0 Å². The molecule has 8 heteroatoms. The number of nitrogens with one attached hydrogen (secondary N) is 1. The van der Waals surface area contributed by atoms with Gasteiger partial charge in [-0.2, -0.15) is 0 Å². The largest absolute Gasteiger partial charge is 0.478 e. The second-order valence-electron chi connectivity index (χ2n) is 3.22. The van der Waals surface area contributed by atoms with E-state index in [0.717, 1.165) is 0 Å². The number of rotatable bonds is 4. The Labute approximate surface area is 115 Å². The highest BCUT2D eigenvalue weighted by atomic mass is 79.9. The van der Waals surface area contributed by atoms with Crippen LogP contribution in [0.15, 0.2) is 23.2 Å². The number of carbonyl (C=O) groups is 2. The molecule has 0 aromatic heterocycles. The van der Waals surface area contributed by atoms with E-state index in [1.807, 2.05) is 5.32 Å². The molecular weight excluding hydrogens is 328 g/mol. The van der Waals surface area contributed by atoms with Gasteiger partial charge in [0.1, 0.15) is 18.0 Å². The molecule has 0 bridgehead atoms. The lowest BCUT2D eigenvalue weighted by molar-refractivity contribution is 0.0692. The van der Waals surface area contributed by atoms with E-state index in [-0.39, 0.29) is 11.1 Å². The number of carbonyl (C=O) groups excluding carboxylic acids is 1. The van der Waals surface area contributed by atoms with E-state index in [1.165, 1.54) is 6.08 Å². The maximum absolute atomic E-state index is 13.6. The molecule has 0 spiro atoms. The Balaban J connectivity index is 3.19. The van der Waals surface area contributed by atoms with Gasteiger partial charge in [-0.3, -0.25) is 5.32 Å². The van der Waals surface area contributed by atoms with E-state index in [0.29, 0.717) is 6.07 Å². The van der Waals surface area contributed by atoms with Gasteiger partial charge in [0.05, 0.1) is 10.2 Å². The van der Waals surface area contributed by atoms with Gasteiger partial charge >= 0.3 is 12.1 Å². The van der Waals surface area contributed by atoms with Crippen LogP contribution in [-0.2, 0) is 4.74 Å². The lowest BCUT2D eigenvalue weighted by Gasteiger charge is -2.11. The number of amides is 1. The van der Waals surface area contributed by atoms with Crippen LogP contribution in [0.3, 0.4) is 0 Å². The van der Waals surface area contributed by atoms with E-state index in [9.17, 15) is 18.4 Å². The van der Waals surface area contributed by atoms with Crippen molar-refractivity contribution < 1.29 is 28.2 Å². The summed E-state index contributed by atoms with van der Waals surface area (Å²) in [6.07, 6.45) is 0.138. The molecule has 0 aliphatic rings. The van der Waals surface area contributed by atoms with E-state index in [4.69, 9.17) is 5.11 Å². The third-order valence-corrected chi connectivity index (χ3v) is 2.52. The molecule has 5 nitrogen and oxygen atoms in total. The average Bonchev–Trinajstić information content (AvgIpc) is 2.33. The molecule has 102 valence electrons. The third kappa shape index (κ3) is 3.50. The Bertz CT molecular complexity index is 548. The summed E-state index contributed by atoms with van der Waals surface area (Å²) < 4.78 is 31.3. The van der Waals surface area contributed by atoms with Crippen molar-refractivity contribution in [2.24, 2.45) is 0 Å². The average molecular weight is 336 g/mol. The summed E-state index contributed by atoms with van der Waals surface area (Å²) in [4.78, 5) is 22.1. The van der Waals surface area contributed by atoms with Gasteiger partial charge in [-0.25, -0.2) is 18.4 Å². The lowest BCUT2D eigenvalue weighted by atomic mass is 10.1. The highest BCUT2D eigenvalue weighted by Crippen LogP contribution is 2.29. The molecule has 0 radical (unpaired) electrons. The zero-order valence-electron chi connectivity index (χ0n) is 9.37. The molecule has 0 fully saturated rings. The summed E-state index contributed by atoms with van der Waals surface area (Å²) in [5.74, 6) is -4.04. The molecule has 1 amide bonds. The SMILES string of the molecule is C=CCOC(=O)Nc1c(F)cc(Br)c(F)c1C(=O)O. The summed E-state index contributed by atoms with van der Waals surface area (Å²) in [7, 11) is 0. The van der Waals surface area contributed by atoms with Crippen LogP contribution in [-0.4, -0.2) is 23.8 Å². The van der Waals surface area contributed by atoms with Crippen LogP contribution >= 0.6 is 15.9 Å². The van der Waals surface area contributed by atoms with Crippen LogP contribution in [0.4, 0.5) is 19.3 Å². The Morgan fingerprint density at radius 2 is 2.16 bits per heavy atom. The summed E-state index contributed by atoms with van der Waals surface area (Å²) in [5, 5.41) is 10.7. The first kappa shape index (κ1) is 15.1. The summed E-state index contributed by atoms with van der Waals surface area (Å²) in [6.45, 7) is 3.13. The molecule has 0 aliphatic heterocycles. The zero-order chi connectivity index (χ0) is 14.6. The van der Waals surface area contributed by atoms with Crippen LogP contribution in [0.2, 0.25) is 0 Å². The second kappa shape index (κ2) is 6.28. The van der Waals surface area contributed by atoms with E-state index in [2.05, 4.69) is 27.2 Å².